The topological polar surface area (TPSA) is 34.1 Å². The molecule has 31 heavy (non-hydrogen) atoms. The third kappa shape index (κ3) is 8.49. The van der Waals surface area contributed by atoms with Gasteiger partial charge in [0, 0.05) is 0 Å². The number of hydrogen-bond donors (Lipinski definition) is 1. The number of halogens is 1. The molecule has 0 amide bonds. The van der Waals surface area contributed by atoms with Crippen LogP contribution in [0.5, 0.6) is 0 Å². The van der Waals surface area contributed by atoms with E-state index in [2.05, 4.69) is 42.1 Å². The normalized spacial score (nSPS) is 13.1. The SMILES string of the molecule is CCC[CH2][SnH]([CH3])[C](CCCC)(CCCC)OCCNCc1cc(Cl)cc2ccncc12. The number of hydrogen-bond acceptors (Lipinski definition) is 3. The molecule has 0 aliphatic rings. The minimum atomic E-state index is -1.76. The molecule has 1 atom stereocenters. The van der Waals surface area contributed by atoms with Crippen molar-refractivity contribution in [2.75, 3.05) is 13.2 Å². The number of unbranched alkanes of at least 4 members (excludes halogenated alkanes) is 3. The molecule has 1 N–H and O–H groups in total. The Morgan fingerprint density at radius 2 is 1.77 bits per heavy atom. The van der Waals surface area contributed by atoms with E-state index in [1.54, 1.807) is 0 Å². The summed E-state index contributed by atoms with van der Waals surface area (Å²) >= 11 is 4.57. The number of nitrogens with one attached hydrogen (secondary N) is 1. The van der Waals surface area contributed by atoms with Crippen LogP contribution in [-0.4, -0.2) is 41.5 Å². The van der Waals surface area contributed by atoms with E-state index in [0.717, 1.165) is 30.1 Å². The fourth-order valence-electron chi connectivity index (χ4n) is 4.56. The van der Waals surface area contributed by atoms with Crippen molar-refractivity contribution in [2.45, 2.75) is 91.7 Å². The van der Waals surface area contributed by atoms with Crippen molar-refractivity contribution >= 4 is 42.1 Å². The Bertz CT molecular complexity index is 762. The second kappa shape index (κ2) is 14.7. The van der Waals surface area contributed by atoms with Crippen LogP contribution in [-0.2, 0) is 11.3 Å². The van der Waals surface area contributed by atoms with Crippen molar-refractivity contribution in [3.05, 3.63) is 41.2 Å². The van der Waals surface area contributed by atoms with E-state index in [1.165, 1.54) is 66.8 Å². The van der Waals surface area contributed by atoms with Gasteiger partial charge in [-0.25, -0.2) is 0 Å². The second-order valence-electron chi connectivity index (χ2n) is 9.00. The van der Waals surface area contributed by atoms with E-state index < -0.39 is 19.8 Å². The summed E-state index contributed by atoms with van der Waals surface area (Å²) in [7, 11) is 0. The van der Waals surface area contributed by atoms with Gasteiger partial charge in [0.1, 0.15) is 0 Å². The van der Waals surface area contributed by atoms with Crippen LogP contribution in [0.4, 0.5) is 0 Å². The van der Waals surface area contributed by atoms with Gasteiger partial charge in [0.05, 0.1) is 0 Å². The summed E-state index contributed by atoms with van der Waals surface area (Å²) in [6, 6.07) is 6.08. The van der Waals surface area contributed by atoms with Crippen molar-refractivity contribution in [2.24, 2.45) is 0 Å². The summed E-state index contributed by atoms with van der Waals surface area (Å²) in [5.74, 6) is 0. The number of benzene rings is 1. The van der Waals surface area contributed by atoms with E-state index in [9.17, 15) is 0 Å². The van der Waals surface area contributed by atoms with Gasteiger partial charge in [-0.1, -0.05) is 0 Å². The zero-order chi connectivity index (χ0) is 22.5. The quantitative estimate of drug-likeness (QED) is 0.175. The maximum absolute atomic E-state index is 6.83. The van der Waals surface area contributed by atoms with Gasteiger partial charge in [0.2, 0.25) is 0 Å². The predicted molar refractivity (Wildman–Crippen MR) is 139 cm³/mol. The van der Waals surface area contributed by atoms with Gasteiger partial charge in [0.15, 0.2) is 0 Å². The fourth-order valence-corrected chi connectivity index (χ4v) is 14.3. The molecule has 0 spiro atoms. The first-order chi connectivity index (χ1) is 15.1. The van der Waals surface area contributed by atoms with E-state index in [0.29, 0.717) is 0 Å². The number of fused-ring (bicyclic) bond motifs is 1. The summed E-state index contributed by atoms with van der Waals surface area (Å²) in [6.07, 6.45) is 14.1. The van der Waals surface area contributed by atoms with Crippen LogP contribution in [0.2, 0.25) is 14.4 Å². The van der Waals surface area contributed by atoms with Gasteiger partial charge in [-0.2, -0.15) is 0 Å². The number of aromatic nitrogens is 1. The van der Waals surface area contributed by atoms with E-state index in [1.807, 2.05) is 24.5 Å². The van der Waals surface area contributed by atoms with Gasteiger partial charge in [-0.05, 0) is 0 Å². The molecule has 0 saturated heterocycles. The van der Waals surface area contributed by atoms with E-state index >= 15 is 0 Å². The van der Waals surface area contributed by atoms with Crippen LogP contribution in [0.3, 0.4) is 0 Å². The average molecular weight is 554 g/mol. The maximum atomic E-state index is 6.83. The molecule has 1 aromatic carbocycles. The molecule has 1 aromatic heterocycles. The Balaban J connectivity index is 1.98. The summed E-state index contributed by atoms with van der Waals surface area (Å²) in [6.45, 7) is 9.40. The average Bonchev–Trinajstić information content (AvgIpc) is 2.78. The van der Waals surface area contributed by atoms with Crippen molar-refractivity contribution in [3.63, 3.8) is 0 Å². The molecule has 2 rings (SSSR count). The zero-order valence-electron chi connectivity index (χ0n) is 20.2. The van der Waals surface area contributed by atoms with Crippen LogP contribution in [0.1, 0.15) is 77.7 Å². The number of pyridine rings is 1. The van der Waals surface area contributed by atoms with Crippen molar-refractivity contribution in [1.29, 1.82) is 0 Å². The fraction of sp³-hybridized carbons (Fsp3) is 0.654. The molecule has 0 aliphatic heterocycles. The summed E-state index contributed by atoms with van der Waals surface area (Å²) in [4.78, 5) is 6.92. The Labute approximate surface area is 202 Å². The molecule has 1 unspecified atom stereocenters. The van der Waals surface area contributed by atoms with Crippen molar-refractivity contribution in [1.82, 2.24) is 10.3 Å². The van der Waals surface area contributed by atoms with Crippen LogP contribution in [0, 0.1) is 0 Å². The van der Waals surface area contributed by atoms with Crippen LogP contribution in [0.15, 0.2) is 30.6 Å². The molecule has 2 aromatic rings. The van der Waals surface area contributed by atoms with E-state index in [-0.39, 0.29) is 3.62 Å². The molecule has 0 bridgehead atoms. The standard InChI is InChI=1S/C21H30ClN2O.C4H9.CH3.Sn.H/c1-3-5-7-20(8-6-4-2)25-12-11-24-15-18-14-19(22)13-17-9-10-23-16-21(17)18;1-3-4-2;;;/h9-10,13-14,16,24H,3-8,11-12,15H2,1-2H3;1,3-4H2,2H3;1H3;;. The van der Waals surface area contributed by atoms with Gasteiger partial charge < -0.3 is 0 Å². The van der Waals surface area contributed by atoms with Gasteiger partial charge in [-0.3, -0.25) is 0 Å². The summed E-state index contributed by atoms with van der Waals surface area (Å²) < 4.78 is 8.54. The Morgan fingerprint density at radius 3 is 2.45 bits per heavy atom. The van der Waals surface area contributed by atoms with Crippen molar-refractivity contribution < 1.29 is 4.74 Å². The molecule has 3 nitrogen and oxygen atoms in total. The zero-order valence-corrected chi connectivity index (χ0v) is 24.2. The minimum absolute atomic E-state index is 0.233. The number of nitrogens with zero attached hydrogens (tertiary/aromatic N) is 1. The molecule has 174 valence electrons. The third-order valence-electron chi connectivity index (χ3n) is 6.59. The molecule has 0 aliphatic carbocycles. The summed E-state index contributed by atoms with van der Waals surface area (Å²) in [5.41, 5.74) is 1.20. The first-order valence-corrected chi connectivity index (χ1v) is 20.1. The molecule has 0 saturated carbocycles. The first kappa shape index (κ1) is 26.9. The van der Waals surface area contributed by atoms with Crippen LogP contribution < -0.4 is 5.32 Å². The Kier molecular flexibility index (Phi) is 12.8. The van der Waals surface area contributed by atoms with Gasteiger partial charge >= 0.3 is 203 Å². The molecule has 1 heterocycles. The van der Waals surface area contributed by atoms with Crippen LogP contribution in [0.25, 0.3) is 10.8 Å². The van der Waals surface area contributed by atoms with Gasteiger partial charge in [0.25, 0.3) is 0 Å². The van der Waals surface area contributed by atoms with Crippen LogP contribution >= 0.6 is 11.6 Å². The van der Waals surface area contributed by atoms with Crippen molar-refractivity contribution in [3.8, 4) is 0 Å². The molecule has 0 radical (unpaired) electrons. The van der Waals surface area contributed by atoms with E-state index in [4.69, 9.17) is 16.3 Å². The first-order valence-electron chi connectivity index (χ1n) is 12.4. The molecular weight excluding hydrogens is 510 g/mol. The molecular formula is C26H43ClN2OSn. The second-order valence-corrected chi connectivity index (χ2v) is 19.2. The van der Waals surface area contributed by atoms with Gasteiger partial charge in [-0.15, -0.1) is 0 Å². The summed E-state index contributed by atoms with van der Waals surface area (Å²) in [5, 5.41) is 6.70. The predicted octanol–water partition coefficient (Wildman–Crippen LogP) is 7.31. The third-order valence-corrected chi connectivity index (χ3v) is 17.7. The molecule has 5 heteroatoms. The Hall–Kier alpha value is -0.361. The number of ether oxygens (including phenoxy) is 1. The molecule has 0 fully saturated rings. The monoisotopic (exact) mass is 554 g/mol. The Morgan fingerprint density at radius 1 is 1.06 bits per heavy atom. The number of rotatable bonds is 16.